The average Bonchev–Trinajstić information content (AvgIpc) is 2.84. The first-order valence-electron chi connectivity index (χ1n) is 11.2. The predicted molar refractivity (Wildman–Crippen MR) is 126 cm³/mol. The molecule has 0 radical (unpaired) electrons. The third-order valence-electron chi connectivity index (χ3n) is 5.93. The van der Waals surface area contributed by atoms with Gasteiger partial charge in [0.1, 0.15) is 11.5 Å². The molecule has 1 amide bonds. The van der Waals surface area contributed by atoms with E-state index < -0.39 is 0 Å². The van der Waals surface area contributed by atoms with Crippen LogP contribution in [0.1, 0.15) is 23.1 Å². The largest absolute Gasteiger partial charge is 0.457 e. The summed E-state index contributed by atoms with van der Waals surface area (Å²) in [6.45, 7) is 2.30. The maximum atomic E-state index is 13.2. The molecule has 0 unspecified atom stereocenters. The first-order chi connectivity index (χ1) is 15.7. The van der Waals surface area contributed by atoms with E-state index in [1.165, 1.54) is 5.56 Å². The van der Waals surface area contributed by atoms with Crippen molar-refractivity contribution < 1.29 is 14.6 Å². The Bertz CT molecular complexity index is 1020. The molecular formula is C27H30N2O3. The Morgan fingerprint density at radius 2 is 1.59 bits per heavy atom. The zero-order valence-corrected chi connectivity index (χ0v) is 18.2. The molecule has 5 heteroatoms. The van der Waals surface area contributed by atoms with Crippen LogP contribution in [0.25, 0.3) is 0 Å². The third kappa shape index (κ3) is 5.55. The highest BCUT2D eigenvalue weighted by Gasteiger charge is 2.26. The Labute approximate surface area is 189 Å². The number of nitrogens with one attached hydrogen (secondary N) is 1. The minimum Gasteiger partial charge on any atom is -0.457 e. The number of aliphatic hydroxyl groups excluding tert-OH is 1. The number of piperazine rings is 1. The topological polar surface area (TPSA) is 61.8 Å². The lowest BCUT2D eigenvalue weighted by molar-refractivity contribution is -0.134. The van der Waals surface area contributed by atoms with Gasteiger partial charge in [-0.3, -0.25) is 4.79 Å². The van der Waals surface area contributed by atoms with Crippen molar-refractivity contribution in [2.75, 3.05) is 19.6 Å². The summed E-state index contributed by atoms with van der Waals surface area (Å²) >= 11 is 0. The maximum absolute atomic E-state index is 13.2. The lowest BCUT2D eigenvalue weighted by Gasteiger charge is -2.36. The molecule has 0 aromatic heterocycles. The summed E-state index contributed by atoms with van der Waals surface area (Å²) < 4.78 is 6.11. The van der Waals surface area contributed by atoms with Gasteiger partial charge in [0.15, 0.2) is 0 Å². The van der Waals surface area contributed by atoms with Crippen LogP contribution in [0.3, 0.4) is 0 Å². The number of benzene rings is 3. The van der Waals surface area contributed by atoms with Gasteiger partial charge in [-0.1, -0.05) is 66.7 Å². The van der Waals surface area contributed by atoms with Crippen molar-refractivity contribution in [1.29, 1.82) is 0 Å². The first-order valence-corrected chi connectivity index (χ1v) is 11.2. The van der Waals surface area contributed by atoms with E-state index >= 15 is 0 Å². The predicted octanol–water partition coefficient (Wildman–Crippen LogP) is 3.95. The molecule has 0 spiro atoms. The number of carbonyl (C=O) groups is 1. The van der Waals surface area contributed by atoms with Crippen LogP contribution < -0.4 is 10.1 Å². The van der Waals surface area contributed by atoms with E-state index in [1.807, 2.05) is 71.6 Å². The van der Waals surface area contributed by atoms with E-state index in [2.05, 4.69) is 17.4 Å². The number of ether oxygens (including phenoxy) is 1. The molecule has 0 bridgehead atoms. The first kappa shape index (κ1) is 22.1. The summed E-state index contributed by atoms with van der Waals surface area (Å²) in [5, 5.41) is 13.0. The molecular weight excluding hydrogens is 400 g/mol. The Morgan fingerprint density at radius 3 is 2.34 bits per heavy atom. The molecule has 166 valence electrons. The lowest BCUT2D eigenvalue weighted by atomic mass is 10.0. The summed E-state index contributed by atoms with van der Waals surface area (Å²) in [5.41, 5.74) is 2.98. The molecule has 1 aliphatic heterocycles. The van der Waals surface area contributed by atoms with Gasteiger partial charge in [-0.15, -0.1) is 0 Å². The summed E-state index contributed by atoms with van der Waals surface area (Å²) in [4.78, 5) is 15.2. The zero-order valence-electron chi connectivity index (χ0n) is 18.2. The van der Waals surface area contributed by atoms with Crippen LogP contribution in [0.15, 0.2) is 78.9 Å². The average molecular weight is 431 g/mol. The van der Waals surface area contributed by atoms with E-state index in [1.54, 1.807) is 0 Å². The third-order valence-corrected chi connectivity index (χ3v) is 5.93. The SMILES string of the molecule is O=C(CCc1ccccc1Oc1ccccc1CO)N1CCNC[C@H]1Cc1ccccc1. The Hall–Kier alpha value is -3.15. The second-order valence-electron chi connectivity index (χ2n) is 8.11. The van der Waals surface area contributed by atoms with Crippen molar-refractivity contribution in [3.05, 3.63) is 95.6 Å². The van der Waals surface area contributed by atoms with Crippen LogP contribution in [0, 0.1) is 0 Å². The number of rotatable bonds is 8. The molecule has 1 fully saturated rings. The van der Waals surface area contributed by atoms with Crippen LogP contribution in [0.5, 0.6) is 11.5 Å². The number of nitrogens with zero attached hydrogens (tertiary/aromatic N) is 1. The maximum Gasteiger partial charge on any atom is 0.223 e. The number of hydrogen-bond acceptors (Lipinski definition) is 4. The highest BCUT2D eigenvalue weighted by atomic mass is 16.5. The quantitative estimate of drug-likeness (QED) is 0.568. The molecule has 32 heavy (non-hydrogen) atoms. The molecule has 1 aliphatic rings. The van der Waals surface area contributed by atoms with Crippen LogP contribution in [0.2, 0.25) is 0 Å². The minimum atomic E-state index is -0.0807. The van der Waals surface area contributed by atoms with Gasteiger partial charge in [-0.25, -0.2) is 0 Å². The summed E-state index contributed by atoms with van der Waals surface area (Å²) in [5.74, 6) is 1.54. The highest BCUT2D eigenvalue weighted by Crippen LogP contribution is 2.29. The minimum absolute atomic E-state index is 0.0807. The smallest absolute Gasteiger partial charge is 0.223 e. The summed E-state index contributed by atoms with van der Waals surface area (Å²) in [6.07, 6.45) is 1.91. The monoisotopic (exact) mass is 430 g/mol. The van der Waals surface area contributed by atoms with Crippen molar-refractivity contribution in [1.82, 2.24) is 10.2 Å². The van der Waals surface area contributed by atoms with Gasteiger partial charge in [0, 0.05) is 37.7 Å². The molecule has 1 heterocycles. The van der Waals surface area contributed by atoms with Crippen LogP contribution in [-0.4, -0.2) is 41.6 Å². The molecule has 2 N–H and O–H groups in total. The molecule has 1 saturated heterocycles. The summed E-state index contributed by atoms with van der Waals surface area (Å²) in [7, 11) is 0. The molecule has 3 aromatic carbocycles. The summed E-state index contributed by atoms with van der Waals surface area (Å²) in [6, 6.07) is 25.8. The fourth-order valence-electron chi connectivity index (χ4n) is 4.21. The van der Waals surface area contributed by atoms with E-state index in [9.17, 15) is 9.90 Å². The molecule has 1 atom stereocenters. The van der Waals surface area contributed by atoms with Gasteiger partial charge in [0.25, 0.3) is 0 Å². The van der Waals surface area contributed by atoms with Gasteiger partial charge in [0.2, 0.25) is 5.91 Å². The van der Waals surface area contributed by atoms with Crippen LogP contribution >= 0.6 is 0 Å². The fraction of sp³-hybridized carbons (Fsp3) is 0.296. The highest BCUT2D eigenvalue weighted by molar-refractivity contribution is 5.77. The number of para-hydroxylation sites is 2. The Morgan fingerprint density at radius 1 is 0.938 bits per heavy atom. The van der Waals surface area contributed by atoms with Gasteiger partial charge >= 0.3 is 0 Å². The number of hydrogen-bond donors (Lipinski definition) is 2. The van der Waals surface area contributed by atoms with E-state index in [0.29, 0.717) is 18.6 Å². The number of amides is 1. The Balaban J connectivity index is 1.42. The Kier molecular flexibility index (Phi) is 7.54. The van der Waals surface area contributed by atoms with E-state index in [-0.39, 0.29) is 18.6 Å². The molecule has 4 rings (SSSR count). The van der Waals surface area contributed by atoms with Crippen molar-refractivity contribution in [3.63, 3.8) is 0 Å². The normalized spacial score (nSPS) is 16.0. The molecule has 0 aliphatic carbocycles. The molecule has 3 aromatic rings. The number of carbonyl (C=O) groups excluding carboxylic acids is 1. The number of aliphatic hydroxyl groups is 1. The second-order valence-corrected chi connectivity index (χ2v) is 8.11. The van der Waals surface area contributed by atoms with Crippen molar-refractivity contribution in [2.24, 2.45) is 0 Å². The van der Waals surface area contributed by atoms with E-state index in [4.69, 9.17) is 4.74 Å². The van der Waals surface area contributed by atoms with Gasteiger partial charge in [-0.2, -0.15) is 0 Å². The number of aryl methyl sites for hydroxylation is 1. The van der Waals surface area contributed by atoms with Gasteiger partial charge in [0.05, 0.1) is 6.61 Å². The van der Waals surface area contributed by atoms with Gasteiger partial charge in [-0.05, 0) is 36.1 Å². The second kappa shape index (κ2) is 10.9. The van der Waals surface area contributed by atoms with Crippen molar-refractivity contribution in [3.8, 4) is 11.5 Å². The van der Waals surface area contributed by atoms with Crippen molar-refractivity contribution >= 4 is 5.91 Å². The standard InChI is InChI=1S/C27H30N2O3/c30-20-23-11-5-7-13-26(23)32-25-12-6-4-10-22(25)14-15-27(31)29-17-16-28-19-24(29)18-21-8-2-1-3-9-21/h1-13,24,28,30H,14-20H2/t24-/m1/s1. The van der Waals surface area contributed by atoms with E-state index in [0.717, 1.165) is 42.9 Å². The molecule has 0 saturated carbocycles. The van der Waals surface area contributed by atoms with Crippen molar-refractivity contribution in [2.45, 2.75) is 31.9 Å². The zero-order chi connectivity index (χ0) is 22.2. The van der Waals surface area contributed by atoms with Crippen LogP contribution in [-0.2, 0) is 24.2 Å². The molecule has 5 nitrogen and oxygen atoms in total. The van der Waals surface area contributed by atoms with Crippen LogP contribution in [0.4, 0.5) is 0 Å². The van der Waals surface area contributed by atoms with Gasteiger partial charge < -0.3 is 20.1 Å². The lowest BCUT2D eigenvalue weighted by Crippen LogP contribution is -2.54. The fourth-order valence-corrected chi connectivity index (χ4v) is 4.21.